The number of hydrogen-bond donors (Lipinski definition) is 4. The summed E-state index contributed by atoms with van der Waals surface area (Å²) < 4.78 is 6.02. The van der Waals surface area contributed by atoms with Gasteiger partial charge in [-0.15, -0.1) is 0 Å². The van der Waals surface area contributed by atoms with Gasteiger partial charge in [-0.2, -0.15) is 10.2 Å². The lowest BCUT2D eigenvalue weighted by Crippen LogP contribution is -2.44. The van der Waals surface area contributed by atoms with Gasteiger partial charge in [0, 0.05) is 24.4 Å². The Labute approximate surface area is 196 Å². The van der Waals surface area contributed by atoms with Crippen molar-refractivity contribution in [1.29, 1.82) is 5.26 Å². The van der Waals surface area contributed by atoms with E-state index in [4.69, 9.17) is 15.3 Å². The fourth-order valence-corrected chi connectivity index (χ4v) is 3.86. The highest BCUT2D eigenvalue weighted by Crippen LogP contribution is 2.32. The zero-order valence-corrected chi connectivity index (χ0v) is 18.7. The lowest BCUT2D eigenvalue weighted by atomic mass is 9.81. The van der Waals surface area contributed by atoms with Gasteiger partial charge in [-0.1, -0.05) is 12.1 Å². The van der Waals surface area contributed by atoms with Gasteiger partial charge in [-0.05, 0) is 38.3 Å². The highest BCUT2D eigenvalue weighted by molar-refractivity contribution is 6.00. The summed E-state index contributed by atoms with van der Waals surface area (Å²) in [6, 6.07) is 8.70. The standard InChI is InChI=1S/C23H26N6O5/c1-13(16-9-17(30)26-11-16)34-22-18(21(31)29-33-12-23(32)6-3-7-23)19(25)27-20(28-22)15-5-2-4-14(8-15)10-24/h2,4-5,8,13,16,32H,3,6-7,9,11-12H2,1H3,(H,26,30)(H,29,31)(H2,25,27,28)/t13-,16-/m1/s1. The molecule has 2 aromatic rings. The van der Waals surface area contributed by atoms with E-state index in [0.717, 1.165) is 6.42 Å². The molecule has 2 fully saturated rings. The molecule has 2 aliphatic rings. The number of nitriles is 1. The normalized spacial score (nSPS) is 19.4. The van der Waals surface area contributed by atoms with E-state index in [1.165, 1.54) is 0 Å². The van der Waals surface area contributed by atoms with E-state index >= 15 is 0 Å². The quantitative estimate of drug-likeness (QED) is 0.415. The van der Waals surface area contributed by atoms with Crippen molar-refractivity contribution in [2.45, 2.75) is 44.3 Å². The molecule has 34 heavy (non-hydrogen) atoms. The number of aromatic nitrogens is 2. The summed E-state index contributed by atoms with van der Waals surface area (Å²) in [5.74, 6) is -0.941. The molecule has 2 heterocycles. The number of hydrogen-bond acceptors (Lipinski definition) is 9. The average Bonchev–Trinajstić information content (AvgIpc) is 3.24. The number of anilines is 1. The molecule has 2 amide bonds. The molecule has 0 unspecified atom stereocenters. The number of nitrogens with two attached hydrogens (primary N) is 1. The van der Waals surface area contributed by atoms with Crippen LogP contribution in [0.25, 0.3) is 11.4 Å². The van der Waals surface area contributed by atoms with Gasteiger partial charge in [-0.3, -0.25) is 14.4 Å². The van der Waals surface area contributed by atoms with Crippen LogP contribution in [0.15, 0.2) is 24.3 Å². The minimum absolute atomic E-state index is 0.0546. The van der Waals surface area contributed by atoms with Crippen LogP contribution in [-0.4, -0.2) is 51.7 Å². The van der Waals surface area contributed by atoms with Crippen molar-refractivity contribution >= 4 is 17.6 Å². The SMILES string of the molecule is C[C@@H](Oc1nc(-c2cccc(C#N)c2)nc(N)c1C(=O)NOCC1(O)CCC1)[C@H]1CNC(=O)C1. The first-order valence-corrected chi connectivity index (χ1v) is 11.0. The number of carbonyl (C=O) groups excluding carboxylic acids is 2. The maximum absolute atomic E-state index is 12.9. The maximum Gasteiger partial charge on any atom is 0.284 e. The Balaban J connectivity index is 1.62. The third-order valence-electron chi connectivity index (χ3n) is 6.14. The van der Waals surface area contributed by atoms with Crippen molar-refractivity contribution in [3.05, 3.63) is 35.4 Å². The minimum Gasteiger partial charge on any atom is -0.474 e. The van der Waals surface area contributed by atoms with Crippen LogP contribution in [0.3, 0.4) is 0 Å². The van der Waals surface area contributed by atoms with Gasteiger partial charge >= 0.3 is 0 Å². The molecule has 2 atom stereocenters. The van der Waals surface area contributed by atoms with Crippen molar-refractivity contribution in [2.24, 2.45) is 5.92 Å². The number of ether oxygens (including phenoxy) is 1. The lowest BCUT2D eigenvalue weighted by molar-refractivity contribution is -0.119. The number of nitrogen functional groups attached to an aromatic ring is 1. The van der Waals surface area contributed by atoms with Crippen LogP contribution in [0.4, 0.5) is 5.82 Å². The fraction of sp³-hybridized carbons (Fsp3) is 0.435. The summed E-state index contributed by atoms with van der Waals surface area (Å²) in [6.45, 7) is 2.17. The average molecular weight is 466 g/mol. The fourth-order valence-electron chi connectivity index (χ4n) is 3.86. The van der Waals surface area contributed by atoms with Crippen LogP contribution in [0, 0.1) is 17.2 Å². The molecule has 0 spiro atoms. The van der Waals surface area contributed by atoms with E-state index in [2.05, 4.69) is 26.8 Å². The van der Waals surface area contributed by atoms with Crippen molar-refractivity contribution < 1.29 is 24.3 Å². The smallest absolute Gasteiger partial charge is 0.284 e. The van der Waals surface area contributed by atoms with Crippen LogP contribution in [0.1, 0.15) is 48.5 Å². The van der Waals surface area contributed by atoms with Crippen molar-refractivity contribution in [1.82, 2.24) is 20.8 Å². The lowest BCUT2D eigenvalue weighted by Gasteiger charge is -2.35. The summed E-state index contributed by atoms with van der Waals surface area (Å²) in [5, 5.41) is 22.1. The Kier molecular flexibility index (Phi) is 6.63. The summed E-state index contributed by atoms with van der Waals surface area (Å²) in [6.07, 6.45) is 1.93. The highest BCUT2D eigenvalue weighted by Gasteiger charge is 2.35. The third-order valence-corrected chi connectivity index (χ3v) is 6.14. The predicted molar refractivity (Wildman–Crippen MR) is 120 cm³/mol. The molecule has 1 aromatic carbocycles. The number of nitrogens with zero attached hydrogens (tertiary/aromatic N) is 3. The van der Waals surface area contributed by atoms with Gasteiger partial charge in [0.05, 0.1) is 17.2 Å². The molecular weight excluding hydrogens is 440 g/mol. The third kappa shape index (κ3) is 5.08. The Bertz CT molecular complexity index is 1140. The number of rotatable bonds is 8. The Morgan fingerprint density at radius 1 is 1.44 bits per heavy atom. The largest absolute Gasteiger partial charge is 0.474 e. The monoisotopic (exact) mass is 466 g/mol. The van der Waals surface area contributed by atoms with Crippen LogP contribution >= 0.6 is 0 Å². The first-order valence-electron chi connectivity index (χ1n) is 11.0. The zero-order valence-electron chi connectivity index (χ0n) is 18.7. The topological polar surface area (TPSA) is 172 Å². The maximum atomic E-state index is 12.9. The molecule has 0 bridgehead atoms. The van der Waals surface area contributed by atoms with Crippen molar-refractivity contribution in [2.75, 3.05) is 18.9 Å². The summed E-state index contributed by atoms with van der Waals surface area (Å²) in [4.78, 5) is 38.4. The molecule has 11 heteroatoms. The van der Waals surface area contributed by atoms with Gasteiger partial charge < -0.3 is 20.9 Å². The molecule has 1 saturated carbocycles. The number of amides is 2. The van der Waals surface area contributed by atoms with Gasteiger partial charge in [0.25, 0.3) is 5.91 Å². The number of aliphatic hydroxyl groups is 1. The second-order valence-electron chi connectivity index (χ2n) is 8.69. The van der Waals surface area contributed by atoms with E-state index in [0.29, 0.717) is 36.9 Å². The summed E-state index contributed by atoms with van der Waals surface area (Å²) in [5.41, 5.74) is 8.30. The van der Waals surface area contributed by atoms with E-state index in [9.17, 15) is 20.0 Å². The van der Waals surface area contributed by atoms with Crippen LogP contribution in [0.5, 0.6) is 5.88 Å². The first kappa shape index (κ1) is 23.4. The second-order valence-corrected chi connectivity index (χ2v) is 8.69. The van der Waals surface area contributed by atoms with Gasteiger partial charge in [0.1, 0.15) is 24.1 Å². The highest BCUT2D eigenvalue weighted by atomic mass is 16.7. The van der Waals surface area contributed by atoms with E-state index in [1.54, 1.807) is 31.2 Å². The van der Waals surface area contributed by atoms with E-state index < -0.39 is 17.6 Å². The summed E-state index contributed by atoms with van der Waals surface area (Å²) >= 11 is 0. The van der Waals surface area contributed by atoms with Gasteiger partial charge in [0.15, 0.2) is 5.82 Å². The predicted octanol–water partition coefficient (Wildman–Crippen LogP) is 1.08. The molecular formula is C23H26N6O5. The minimum atomic E-state index is -0.944. The van der Waals surface area contributed by atoms with E-state index in [1.807, 2.05) is 0 Å². The van der Waals surface area contributed by atoms with Crippen LogP contribution in [-0.2, 0) is 9.63 Å². The van der Waals surface area contributed by atoms with Crippen molar-refractivity contribution in [3.63, 3.8) is 0 Å². The molecule has 1 aromatic heterocycles. The number of hydroxylamine groups is 1. The molecule has 1 saturated heterocycles. The Hall–Kier alpha value is -3.75. The molecule has 4 rings (SSSR count). The molecule has 1 aliphatic carbocycles. The zero-order chi connectivity index (χ0) is 24.3. The Morgan fingerprint density at radius 2 is 2.24 bits per heavy atom. The Morgan fingerprint density at radius 3 is 2.88 bits per heavy atom. The molecule has 5 N–H and O–H groups in total. The molecule has 1 aliphatic heterocycles. The van der Waals surface area contributed by atoms with Crippen LogP contribution < -0.4 is 21.3 Å². The molecule has 11 nitrogen and oxygen atoms in total. The first-order chi connectivity index (χ1) is 16.3. The second kappa shape index (κ2) is 9.62. The number of carbonyl (C=O) groups is 2. The molecule has 0 radical (unpaired) electrons. The number of nitrogens with one attached hydrogen (secondary N) is 2. The summed E-state index contributed by atoms with van der Waals surface area (Å²) in [7, 11) is 0. The molecule has 178 valence electrons. The van der Waals surface area contributed by atoms with Crippen LogP contribution in [0.2, 0.25) is 0 Å². The van der Waals surface area contributed by atoms with E-state index in [-0.39, 0.29) is 41.5 Å². The van der Waals surface area contributed by atoms with Gasteiger partial charge in [0.2, 0.25) is 11.8 Å². The van der Waals surface area contributed by atoms with Gasteiger partial charge in [-0.25, -0.2) is 10.5 Å². The van der Waals surface area contributed by atoms with Crippen molar-refractivity contribution in [3.8, 4) is 23.3 Å². The number of benzene rings is 1.